The lowest BCUT2D eigenvalue weighted by molar-refractivity contribution is 0.0524. The second-order valence-corrected chi connectivity index (χ2v) is 4.70. The van der Waals surface area contributed by atoms with E-state index in [1.54, 1.807) is 19.9 Å². The van der Waals surface area contributed by atoms with Crippen LogP contribution in [0.4, 0.5) is 4.39 Å². The smallest absolute Gasteiger partial charge is 0.130 e. The molecule has 0 bridgehead atoms. The standard InChI is InChI=1S/C11H15ClFNO/c1-11(2,6-14)10(15)8-4-3-7(12)5-9(8)13/h3-5,10,15H,6,14H2,1-2H3. The quantitative estimate of drug-likeness (QED) is 0.840. The van der Waals surface area contributed by atoms with Crippen molar-refractivity contribution in [3.05, 3.63) is 34.6 Å². The zero-order chi connectivity index (χ0) is 11.6. The molecule has 1 rings (SSSR count). The van der Waals surface area contributed by atoms with E-state index in [2.05, 4.69) is 0 Å². The summed E-state index contributed by atoms with van der Waals surface area (Å²) in [4.78, 5) is 0. The molecular weight excluding hydrogens is 217 g/mol. The van der Waals surface area contributed by atoms with E-state index < -0.39 is 17.3 Å². The SMILES string of the molecule is CC(C)(CN)C(O)c1ccc(Cl)cc1F. The lowest BCUT2D eigenvalue weighted by atomic mass is 9.82. The van der Waals surface area contributed by atoms with E-state index in [0.717, 1.165) is 0 Å². The Balaban J connectivity index is 3.06. The van der Waals surface area contributed by atoms with Gasteiger partial charge in [-0.1, -0.05) is 31.5 Å². The molecule has 0 radical (unpaired) electrons. The molecule has 1 unspecified atom stereocenters. The van der Waals surface area contributed by atoms with Crippen LogP contribution in [-0.2, 0) is 0 Å². The highest BCUT2D eigenvalue weighted by atomic mass is 35.5. The van der Waals surface area contributed by atoms with Crippen molar-refractivity contribution in [2.24, 2.45) is 11.1 Å². The molecule has 1 aromatic rings. The first-order chi connectivity index (χ1) is 6.88. The largest absolute Gasteiger partial charge is 0.388 e. The van der Waals surface area contributed by atoms with Crippen molar-refractivity contribution in [3.8, 4) is 0 Å². The summed E-state index contributed by atoms with van der Waals surface area (Å²) in [6.07, 6.45) is -0.931. The molecule has 1 atom stereocenters. The molecule has 0 heterocycles. The Morgan fingerprint density at radius 2 is 2.13 bits per heavy atom. The molecule has 0 aliphatic rings. The summed E-state index contributed by atoms with van der Waals surface area (Å²) in [5.41, 5.74) is 5.19. The Kier molecular flexibility index (Phi) is 3.71. The minimum absolute atomic E-state index is 0.231. The molecule has 0 amide bonds. The second kappa shape index (κ2) is 4.47. The maximum atomic E-state index is 13.5. The molecule has 0 saturated heterocycles. The first-order valence-corrected chi connectivity index (χ1v) is 5.09. The Labute approximate surface area is 93.9 Å². The number of halogens is 2. The van der Waals surface area contributed by atoms with Gasteiger partial charge in [-0.2, -0.15) is 0 Å². The van der Waals surface area contributed by atoms with Crippen LogP contribution in [0.1, 0.15) is 25.5 Å². The average Bonchev–Trinajstić information content (AvgIpc) is 2.17. The van der Waals surface area contributed by atoms with E-state index in [4.69, 9.17) is 17.3 Å². The topological polar surface area (TPSA) is 46.2 Å². The molecule has 84 valence electrons. The molecule has 15 heavy (non-hydrogen) atoms. The molecule has 0 saturated carbocycles. The fraction of sp³-hybridized carbons (Fsp3) is 0.455. The minimum Gasteiger partial charge on any atom is -0.388 e. The highest BCUT2D eigenvalue weighted by Crippen LogP contribution is 2.34. The number of hydrogen-bond donors (Lipinski definition) is 2. The van der Waals surface area contributed by atoms with Gasteiger partial charge in [-0.25, -0.2) is 4.39 Å². The second-order valence-electron chi connectivity index (χ2n) is 4.26. The summed E-state index contributed by atoms with van der Waals surface area (Å²) >= 11 is 5.62. The van der Waals surface area contributed by atoms with Crippen LogP contribution in [0.2, 0.25) is 5.02 Å². The Hall–Kier alpha value is -0.640. The van der Waals surface area contributed by atoms with Gasteiger partial charge < -0.3 is 10.8 Å². The monoisotopic (exact) mass is 231 g/mol. The van der Waals surface area contributed by atoms with Crippen molar-refractivity contribution in [2.75, 3.05) is 6.54 Å². The zero-order valence-corrected chi connectivity index (χ0v) is 9.55. The molecule has 0 aliphatic heterocycles. The van der Waals surface area contributed by atoms with Crippen LogP contribution in [0.5, 0.6) is 0 Å². The van der Waals surface area contributed by atoms with Gasteiger partial charge in [0.1, 0.15) is 5.82 Å². The molecule has 1 aromatic carbocycles. The molecule has 0 aromatic heterocycles. The van der Waals surface area contributed by atoms with Gasteiger partial charge in [-0.3, -0.25) is 0 Å². The number of aliphatic hydroxyl groups is 1. The van der Waals surface area contributed by atoms with Crippen LogP contribution >= 0.6 is 11.6 Å². The molecule has 0 spiro atoms. The van der Waals surface area contributed by atoms with Crippen LogP contribution < -0.4 is 5.73 Å². The lowest BCUT2D eigenvalue weighted by Crippen LogP contribution is -2.31. The van der Waals surface area contributed by atoms with Gasteiger partial charge in [0.2, 0.25) is 0 Å². The van der Waals surface area contributed by atoms with E-state index >= 15 is 0 Å². The van der Waals surface area contributed by atoms with Crippen LogP contribution in [0, 0.1) is 11.2 Å². The first kappa shape index (κ1) is 12.4. The predicted octanol–water partition coefficient (Wildman–Crippen LogP) is 2.50. The van der Waals surface area contributed by atoms with Gasteiger partial charge in [0.05, 0.1) is 6.10 Å². The van der Waals surface area contributed by atoms with Gasteiger partial charge in [0.15, 0.2) is 0 Å². The maximum absolute atomic E-state index is 13.5. The Morgan fingerprint density at radius 1 is 1.53 bits per heavy atom. The van der Waals surface area contributed by atoms with Crippen molar-refractivity contribution < 1.29 is 9.50 Å². The van der Waals surface area contributed by atoms with Crippen molar-refractivity contribution >= 4 is 11.6 Å². The molecule has 0 fully saturated rings. The molecule has 3 N–H and O–H groups in total. The lowest BCUT2D eigenvalue weighted by Gasteiger charge is -2.29. The van der Waals surface area contributed by atoms with Crippen molar-refractivity contribution in [1.29, 1.82) is 0 Å². The van der Waals surface area contributed by atoms with Gasteiger partial charge in [-0.15, -0.1) is 0 Å². The third-order valence-electron chi connectivity index (χ3n) is 2.52. The van der Waals surface area contributed by atoms with Crippen molar-refractivity contribution in [2.45, 2.75) is 20.0 Å². The summed E-state index contributed by atoms with van der Waals surface area (Å²) in [7, 11) is 0. The molecule has 0 aliphatic carbocycles. The highest BCUT2D eigenvalue weighted by Gasteiger charge is 2.29. The van der Waals surface area contributed by atoms with Crippen molar-refractivity contribution in [3.63, 3.8) is 0 Å². The normalized spacial score (nSPS) is 14.0. The van der Waals surface area contributed by atoms with E-state index in [1.165, 1.54) is 12.1 Å². The van der Waals surface area contributed by atoms with E-state index in [-0.39, 0.29) is 12.1 Å². The maximum Gasteiger partial charge on any atom is 0.130 e. The van der Waals surface area contributed by atoms with Gasteiger partial charge in [-0.05, 0) is 12.1 Å². The molecular formula is C11H15ClFNO. The first-order valence-electron chi connectivity index (χ1n) is 4.71. The summed E-state index contributed by atoms with van der Waals surface area (Å²) < 4.78 is 13.5. The third-order valence-corrected chi connectivity index (χ3v) is 2.76. The van der Waals surface area contributed by atoms with Gasteiger partial charge >= 0.3 is 0 Å². The van der Waals surface area contributed by atoms with E-state index in [9.17, 15) is 9.50 Å². The third kappa shape index (κ3) is 2.68. The van der Waals surface area contributed by atoms with Gasteiger partial charge in [0.25, 0.3) is 0 Å². The number of rotatable bonds is 3. The summed E-state index contributed by atoms with van der Waals surface area (Å²) in [5.74, 6) is -0.503. The van der Waals surface area contributed by atoms with Crippen molar-refractivity contribution in [1.82, 2.24) is 0 Å². The molecule has 4 heteroatoms. The van der Waals surface area contributed by atoms with Crippen LogP contribution in [-0.4, -0.2) is 11.7 Å². The molecule has 2 nitrogen and oxygen atoms in total. The fourth-order valence-electron chi connectivity index (χ4n) is 1.26. The number of aliphatic hydroxyl groups excluding tert-OH is 1. The van der Waals surface area contributed by atoms with Crippen LogP contribution in [0.15, 0.2) is 18.2 Å². The average molecular weight is 232 g/mol. The highest BCUT2D eigenvalue weighted by molar-refractivity contribution is 6.30. The minimum atomic E-state index is -0.931. The summed E-state index contributed by atoms with van der Waals surface area (Å²) in [6, 6.07) is 4.22. The number of benzene rings is 1. The van der Waals surface area contributed by atoms with E-state index in [0.29, 0.717) is 5.02 Å². The van der Waals surface area contributed by atoms with Crippen LogP contribution in [0.25, 0.3) is 0 Å². The summed E-state index contributed by atoms with van der Waals surface area (Å²) in [6.45, 7) is 3.84. The number of hydrogen-bond acceptors (Lipinski definition) is 2. The Morgan fingerprint density at radius 3 is 2.60 bits per heavy atom. The predicted molar refractivity (Wildman–Crippen MR) is 59.2 cm³/mol. The van der Waals surface area contributed by atoms with Crippen LogP contribution in [0.3, 0.4) is 0 Å². The van der Waals surface area contributed by atoms with Gasteiger partial charge in [0, 0.05) is 22.5 Å². The summed E-state index contributed by atoms with van der Waals surface area (Å²) in [5, 5.41) is 10.3. The van der Waals surface area contributed by atoms with E-state index in [1.807, 2.05) is 0 Å². The number of nitrogens with two attached hydrogens (primary N) is 1. The Bertz CT molecular complexity index is 354. The fourth-order valence-corrected chi connectivity index (χ4v) is 1.41. The zero-order valence-electron chi connectivity index (χ0n) is 8.80.